The topological polar surface area (TPSA) is 61.8 Å². The Morgan fingerprint density at radius 3 is 2.84 bits per heavy atom. The van der Waals surface area contributed by atoms with Gasteiger partial charge in [-0.05, 0) is 25.7 Å². The van der Waals surface area contributed by atoms with Crippen molar-refractivity contribution in [3.8, 4) is 0 Å². The molecule has 1 saturated carbocycles. The second-order valence-electron chi connectivity index (χ2n) is 5.78. The van der Waals surface area contributed by atoms with E-state index in [1.54, 1.807) is 12.0 Å². The normalized spacial score (nSPS) is 29.2. The number of nitrogens with one attached hydrogen (secondary N) is 1. The summed E-state index contributed by atoms with van der Waals surface area (Å²) in [5.74, 6) is -0.138. The maximum atomic E-state index is 12.3. The van der Waals surface area contributed by atoms with Crippen LogP contribution in [0.2, 0.25) is 0 Å². The van der Waals surface area contributed by atoms with Gasteiger partial charge in [-0.3, -0.25) is 4.79 Å². The fourth-order valence-electron chi connectivity index (χ4n) is 3.09. The lowest BCUT2D eigenvalue weighted by Crippen LogP contribution is -2.59. The van der Waals surface area contributed by atoms with Crippen LogP contribution in [0.3, 0.4) is 0 Å². The van der Waals surface area contributed by atoms with E-state index in [1.807, 2.05) is 0 Å². The number of carbonyl (C=O) groups is 1. The Kier molecular flexibility index (Phi) is 5.19. The number of methoxy groups -OCH3 is 1. The third kappa shape index (κ3) is 3.68. The number of rotatable bonds is 6. The molecule has 1 aliphatic heterocycles. The molecule has 0 aromatic rings. The van der Waals surface area contributed by atoms with Crippen molar-refractivity contribution in [3.05, 3.63) is 0 Å². The van der Waals surface area contributed by atoms with Gasteiger partial charge in [0, 0.05) is 32.8 Å². The molecule has 5 heteroatoms. The highest BCUT2D eigenvalue weighted by atomic mass is 16.5. The van der Waals surface area contributed by atoms with Crippen molar-refractivity contribution in [2.24, 2.45) is 0 Å². The molecule has 5 nitrogen and oxygen atoms in total. The number of hydrogen-bond donors (Lipinski definition) is 2. The average molecular weight is 270 g/mol. The highest BCUT2D eigenvalue weighted by Gasteiger charge is 2.42. The monoisotopic (exact) mass is 270 g/mol. The molecule has 0 radical (unpaired) electrons. The molecule has 0 spiro atoms. The van der Waals surface area contributed by atoms with Gasteiger partial charge in [-0.25, -0.2) is 0 Å². The second-order valence-corrected chi connectivity index (χ2v) is 5.78. The molecule has 0 aromatic carbocycles. The van der Waals surface area contributed by atoms with Crippen molar-refractivity contribution in [3.63, 3.8) is 0 Å². The Balaban J connectivity index is 1.86. The zero-order chi connectivity index (χ0) is 13.7. The molecule has 2 rings (SSSR count). The van der Waals surface area contributed by atoms with Gasteiger partial charge in [0.15, 0.2) is 5.60 Å². The number of amides is 1. The Labute approximate surface area is 115 Å². The van der Waals surface area contributed by atoms with Gasteiger partial charge in [0.25, 0.3) is 5.91 Å². The average Bonchev–Trinajstić information content (AvgIpc) is 2.92. The van der Waals surface area contributed by atoms with Crippen molar-refractivity contribution in [2.75, 3.05) is 33.4 Å². The van der Waals surface area contributed by atoms with Gasteiger partial charge in [0.1, 0.15) is 0 Å². The number of carbonyl (C=O) groups excluding carboxylic acids is 1. The van der Waals surface area contributed by atoms with Crippen LogP contribution < -0.4 is 5.32 Å². The van der Waals surface area contributed by atoms with Gasteiger partial charge >= 0.3 is 0 Å². The third-order valence-corrected chi connectivity index (χ3v) is 4.31. The third-order valence-electron chi connectivity index (χ3n) is 4.31. The molecule has 2 aliphatic rings. The highest BCUT2D eigenvalue weighted by molar-refractivity contribution is 5.86. The lowest BCUT2D eigenvalue weighted by molar-refractivity contribution is -0.157. The van der Waals surface area contributed by atoms with E-state index in [9.17, 15) is 9.90 Å². The van der Waals surface area contributed by atoms with Crippen LogP contribution in [-0.2, 0) is 9.53 Å². The van der Waals surface area contributed by atoms with E-state index in [2.05, 4.69) is 5.32 Å². The number of hydrogen-bond acceptors (Lipinski definition) is 4. The van der Waals surface area contributed by atoms with E-state index in [-0.39, 0.29) is 5.91 Å². The lowest BCUT2D eigenvalue weighted by atomic mass is 9.91. The summed E-state index contributed by atoms with van der Waals surface area (Å²) >= 11 is 0. The fraction of sp³-hybridized carbons (Fsp3) is 0.929. The summed E-state index contributed by atoms with van der Waals surface area (Å²) in [6, 6.07) is 0.478. The molecule has 2 N–H and O–H groups in total. The lowest BCUT2D eigenvalue weighted by Gasteiger charge is -2.38. The van der Waals surface area contributed by atoms with Gasteiger partial charge < -0.3 is 20.1 Å². The quantitative estimate of drug-likeness (QED) is 0.738. The van der Waals surface area contributed by atoms with Crippen LogP contribution >= 0.6 is 0 Å². The van der Waals surface area contributed by atoms with E-state index >= 15 is 0 Å². The van der Waals surface area contributed by atoms with E-state index < -0.39 is 5.60 Å². The summed E-state index contributed by atoms with van der Waals surface area (Å²) in [5, 5.41) is 13.9. The number of aliphatic hydroxyl groups is 1. The molecule has 2 fully saturated rings. The molecule has 1 amide bonds. The highest BCUT2D eigenvalue weighted by Crippen LogP contribution is 2.24. The van der Waals surface area contributed by atoms with Gasteiger partial charge in [0.2, 0.25) is 0 Å². The van der Waals surface area contributed by atoms with Crippen LogP contribution in [0.1, 0.15) is 38.5 Å². The van der Waals surface area contributed by atoms with Crippen LogP contribution in [0, 0.1) is 0 Å². The Hall–Kier alpha value is -0.650. The summed E-state index contributed by atoms with van der Waals surface area (Å²) < 4.78 is 5.01. The predicted molar refractivity (Wildman–Crippen MR) is 72.9 cm³/mol. The summed E-state index contributed by atoms with van der Waals surface area (Å²) in [6.07, 6.45) is 6.26. The molecule has 1 heterocycles. The first-order chi connectivity index (χ1) is 9.15. The molecule has 1 saturated heterocycles. The maximum absolute atomic E-state index is 12.3. The van der Waals surface area contributed by atoms with E-state index in [0.717, 1.165) is 25.8 Å². The van der Waals surface area contributed by atoms with Crippen molar-refractivity contribution in [2.45, 2.75) is 50.2 Å². The molecule has 1 aliphatic carbocycles. The standard InChI is InChI=1S/C14H26N2O3/c1-19-10-9-16-8-4-7-14(18,13(16)17)11-15-12-5-2-3-6-12/h12,15,18H,2-11H2,1H3/t14-/m1/s1. The number of ether oxygens (including phenoxy) is 1. The smallest absolute Gasteiger partial charge is 0.255 e. The van der Waals surface area contributed by atoms with Crippen LogP contribution in [0.5, 0.6) is 0 Å². The second kappa shape index (κ2) is 6.68. The fourth-order valence-corrected chi connectivity index (χ4v) is 3.09. The summed E-state index contributed by atoms with van der Waals surface area (Å²) in [6.45, 7) is 2.22. The number of piperidine rings is 1. The largest absolute Gasteiger partial charge is 0.383 e. The van der Waals surface area contributed by atoms with Gasteiger partial charge in [-0.2, -0.15) is 0 Å². The van der Waals surface area contributed by atoms with E-state index in [4.69, 9.17) is 4.74 Å². The van der Waals surface area contributed by atoms with Crippen molar-refractivity contribution in [1.82, 2.24) is 10.2 Å². The van der Waals surface area contributed by atoms with Crippen molar-refractivity contribution < 1.29 is 14.6 Å². The molecule has 0 aromatic heterocycles. The van der Waals surface area contributed by atoms with Crippen LogP contribution in [0.4, 0.5) is 0 Å². The van der Waals surface area contributed by atoms with Gasteiger partial charge in [-0.15, -0.1) is 0 Å². The predicted octanol–water partition coefficient (Wildman–Crippen LogP) is 0.518. The minimum Gasteiger partial charge on any atom is -0.383 e. The molecule has 110 valence electrons. The first-order valence-electron chi connectivity index (χ1n) is 7.40. The van der Waals surface area contributed by atoms with Gasteiger partial charge in [-0.1, -0.05) is 12.8 Å². The van der Waals surface area contributed by atoms with Crippen molar-refractivity contribution >= 4 is 5.91 Å². The van der Waals surface area contributed by atoms with Crippen LogP contribution in [-0.4, -0.2) is 60.9 Å². The molecule has 0 bridgehead atoms. The molecular weight excluding hydrogens is 244 g/mol. The number of nitrogens with zero attached hydrogens (tertiary/aromatic N) is 1. The number of likely N-dealkylation sites (tertiary alicyclic amines) is 1. The van der Waals surface area contributed by atoms with Crippen molar-refractivity contribution in [1.29, 1.82) is 0 Å². The Bertz CT molecular complexity index is 305. The minimum absolute atomic E-state index is 0.138. The Morgan fingerprint density at radius 2 is 2.16 bits per heavy atom. The molecule has 0 unspecified atom stereocenters. The molecule has 19 heavy (non-hydrogen) atoms. The summed E-state index contributed by atoms with van der Waals surface area (Å²) in [7, 11) is 1.63. The summed E-state index contributed by atoms with van der Waals surface area (Å²) in [5.41, 5.74) is -1.21. The first-order valence-corrected chi connectivity index (χ1v) is 7.40. The minimum atomic E-state index is -1.21. The maximum Gasteiger partial charge on any atom is 0.255 e. The SMILES string of the molecule is COCCN1CCC[C@@](O)(CNC2CCCC2)C1=O. The zero-order valence-electron chi connectivity index (χ0n) is 11.9. The zero-order valence-corrected chi connectivity index (χ0v) is 11.9. The molecular formula is C14H26N2O3. The van der Waals surface area contributed by atoms with E-state index in [0.29, 0.717) is 32.2 Å². The van der Waals surface area contributed by atoms with E-state index in [1.165, 1.54) is 12.8 Å². The molecule has 1 atom stereocenters. The van der Waals surface area contributed by atoms with Crippen LogP contribution in [0.25, 0.3) is 0 Å². The van der Waals surface area contributed by atoms with Gasteiger partial charge in [0.05, 0.1) is 6.61 Å². The first kappa shape index (κ1) is 14.8. The van der Waals surface area contributed by atoms with Crippen LogP contribution in [0.15, 0.2) is 0 Å². The Morgan fingerprint density at radius 1 is 1.42 bits per heavy atom. The summed E-state index contributed by atoms with van der Waals surface area (Å²) in [4.78, 5) is 14.1.